The van der Waals surface area contributed by atoms with Gasteiger partial charge in [-0.1, -0.05) is 39.5 Å². The van der Waals surface area contributed by atoms with E-state index in [1.54, 1.807) is 6.42 Å². The molecule has 0 heterocycles. The first-order valence-corrected chi connectivity index (χ1v) is 9.35. The predicted molar refractivity (Wildman–Crippen MR) is 86.4 cm³/mol. The maximum Gasteiger partial charge on any atom is 0.00441 e. The summed E-state index contributed by atoms with van der Waals surface area (Å²) in [6.45, 7) is 4.80. The van der Waals surface area contributed by atoms with Gasteiger partial charge in [0.1, 0.15) is 0 Å². The highest BCUT2D eigenvalue weighted by Gasteiger charge is 2.34. The lowest BCUT2D eigenvalue weighted by atomic mass is 9.67. The predicted octanol–water partition coefficient (Wildman–Crippen LogP) is 4.99. The zero-order valence-corrected chi connectivity index (χ0v) is 13.7. The smallest absolute Gasteiger partial charge is 0.00441 e. The zero-order chi connectivity index (χ0) is 14.1. The van der Waals surface area contributed by atoms with E-state index in [0.717, 1.165) is 35.5 Å². The normalized spacial score (nSPS) is 44.4. The fraction of sp³-hybridized carbons (Fsp3) is 1.00. The first-order chi connectivity index (χ1) is 9.60. The molecule has 3 saturated carbocycles. The first-order valence-electron chi connectivity index (χ1n) is 9.35. The fourth-order valence-corrected chi connectivity index (χ4v) is 5.14. The summed E-state index contributed by atoms with van der Waals surface area (Å²) in [7, 11) is 0. The third kappa shape index (κ3) is 3.59. The van der Waals surface area contributed by atoms with E-state index in [2.05, 4.69) is 13.8 Å². The van der Waals surface area contributed by atoms with Crippen LogP contribution >= 0.6 is 0 Å². The molecule has 1 nitrogen and oxygen atoms in total. The van der Waals surface area contributed by atoms with Crippen LogP contribution in [-0.2, 0) is 0 Å². The molecular weight excluding hydrogens is 242 g/mol. The van der Waals surface area contributed by atoms with Crippen LogP contribution in [0.3, 0.4) is 0 Å². The van der Waals surface area contributed by atoms with Crippen LogP contribution in [0.5, 0.6) is 0 Å². The van der Waals surface area contributed by atoms with Gasteiger partial charge in [-0.25, -0.2) is 0 Å². The Labute approximate surface area is 126 Å². The van der Waals surface area contributed by atoms with Crippen LogP contribution in [0, 0.1) is 35.5 Å². The molecule has 20 heavy (non-hydrogen) atoms. The van der Waals surface area contributed by atoms with E-state index in [9.17, 15) is 0 Å². The van der Waals surface area contributed by atoms with Gasteiger partial charge in [-0.3, -0.25) is 0 Å². The second-order valence-electron chi connectivity index (χ2n) is 8.80. The fourth-order valence-electron chi connectivity index (χ4n) is 5.14. The van der Waals surface area contributed by atoms with Gasteiger partial charge >= 0.3 is 0 Å². The largest absolute Gasteiger partial charge is 0.328 e. The molecule has 3 rings (SSSR count). The minimum Gasteiger partial charge on any atom is -0.328 e. The van der Waals surface area contributed by atoms with E-state index < -0.39 is 0 Å². The average Bonchev–Trinajstić information content (AvgIpc) is 2.72. The maximum atomic E-state index is 5.91. The standard InChI is InChI=1S/C19H35N/c1-13(2)18-9-16(10-18)6-4-14-3-5-15(7-14)8-17-11-19(20)12-17/h13-19H,3-12,20H2,1-2H3. The molecule has 0 aromatic rings. The number of rotatable bonds is 6. The molecule has 2 unspecified atom stereocenters. The van der Waals surface area contributed by atoms with Crippen LogP contribution in [0.2, 0.25) is 0 Å². The molecule has 0 saturated heterocycles. The Kier molecular flexibility index (Phi) is 4.75. The third-order valence-corrected chi connectivity index (χ3v) is 6.79. The van der Waals surface area contributed by atoms with Crippen LogP contribution in [0.15, 0.2) is 0 Å². The Hall–Kier alpha value is -0.0400. The summed E-state index contributed by atoms with van der Waals surface area (Å²) < 4.78 is 0. The molecule has 0 amide bonds. The summed E-state index contributed by atoms with van der Waals surface area (Å²) in [6, 6.07) is 0.546. The van der Waals surface area contributed by atoms with Crippen molar-refractivity contribution < 1.29 is 0 Å². The van der Waals surface area contributed by atoms with Gasteiger partial charge in [-0.2, -0.15) is 0 Å². The van der Waals surface area contributed by atoms with Crippen molar-refractivity contribution in [2.75, 3.05) is 0 Å². The molecule has 0 spiro atoms. The molecule has 0 bridgehead atoms. The number of hydrogen-bond donors (Lipinski definition) is 1. The van der Waals surface area contributed by atoms with Gasteiger partial charge in [0.15, 0.2) is 0 Å². The quantitative estimate of drug-likeness (QED) is 0.727. The van der Waals surface area contributed by atoms with Crippen molar-refractivity contribution in [2.45, 2.75) is 84.1 Å². The molecule has 3 aliphatic rings. The highest BCUT2D eigenvalue weighted by atomic mass is 14.7. The minimum atomic E-state index is 0.546. The average molecular weight is 277 g/mol. The van der Waals surface area contributed by atoms with Crippen molar-refractivity contribution in [3.63, 3.8) is 0 Å². The molecule has 116 valence electrons. The van der Waals surface area contributed by atoms with Gasteiger partial charge in [0.05, 0.1) is 0 Å². The summed E-state index contributed by atoms with van der Waals surface area (Å²) in [4.78, 5) is 0. The van der Waals surface area contributed by atoms with Crippen molar-refractivity contribution in [1.29, 1.82) is 0 Å². The van der Waals surface area contributed by atoms with Crippen molar-refractivity contribution in [3.05, 3.63) is 0 Å². The number of nitrogens with two attached hydrogens (primary N) is 1. The van der Waals surface area contributed by atoms with E-state index in [1.807, 2.05) is 0 Å². The molecular formula is C19H35N. The Morgan fingerprint density at radius 2 is 1.45 bits per heavy atom. The highest BCUT2D eigenvalue weighted by Crippen LogP contribution is 2.45. The molecule has 2 N–H and O–H groups in total. The minimum absolute atomic E-state index is 0.546. The van der Waals surface area contributed by atoms with Crippen molar-refractivity contribution in [3.8, 4) is 0 Å². The summed E-state index contributed by atoms with van der Waals surface area (Å²) in [6.07, 6.45) is 14.9. The lowest BCUT2D eigenvalue weighted by molar-refractivity contribution is 0.126. The van der Waals surface area contributed by atoms with Crippen molar-refractivity contribution >= 4 is 0 Å². The van der Waals surface area contributed by atoms with Gasteiger partial charge in [0.2, 0.25) is 0 Å². The Morgan fingerprint density at radius 1 is 0.800 bits per heavy atom. The van der Waals surface area contributed by atoms with Gasteiger partial charge < -0.3 is 5.73 Å². The lowest BCUT2D eigenvalue weighted by Crippen LogP contribution is -2.36. The Balaban J connectivity index is 1.27. The molecule has 3 aliphatic carbocycles. The van der Waals surface area contributed by atoms with Gasteiger partial charge in [-0.05, 0) is 74.0 Å². The molecule has 0 aromatic heterocycles. The summed E-state index contributed by atoms with van der Waals surface area (Å²) in [5, 5.41) is 0. The molecule has 0 radical (unpaired) electrons. The molecule has 3 fully saturated rings. The third-order valence-electron chi connectivity index (χ3n) is 6.79. The molecule has 2 atom stereocenters. The van der Waals surface area contributed by atoms with Gasteiger partial charge in [-0.15, -0.1) is 0 Å². The molecule has 0 aliphatic heterocycles. The van der Waals surface area contributed by atoms with Crippen LogP contribution in [-0.4, -0.2) is 6.04 Å². The maximum absolute atomic E-state index is 5.91. The summed E-state index contributed by atoms with van der Waals surface area (Å²) in [5.41, 5.74) is 5.91. The van der Waals surface area contributed by atoms with Crippen molar-refractivity contribution in [2.24, 2.45) is 41.2 Å². The van der Waals surface area contributed by atoms with Crippen LogP contribution in [0.4, 0.5) is 0 Å². The van der Waals surface area contributed by atoms with Gasteiger partial charge in [0, 0.05) is 6.04 Å². The van der Waals surface area contributed by atoms with Crippen molar-refractivity contribution in [1.82, 2.24) is 0 Å². The number of hydrogen-bond acceptors (Lipinski definition) is 1. The monoisotopic (exact) mass is 277 g/mol. The second-order valence-corrected chi connectivity index (χ2v) is 8.80. The van der Waals surface area contributed by atoms with Crippen LogP contribution in [0.1, 0.15) is 78.1 Å². The summed E-state index contributed by atoms with van der Waals surface area (Å²) in [5.74, 6) is 6.20. The van der Waals surface area contributed by atoms with Crippen LogP contribution < -0.4 is 5.73 Å². The Bertz CT molecular complexity index is 299. The van der Waals surface area contributed by atoms with E-state index in [4.69, 9.17) is 5.73 Å². The molecule has 0 aromatic carbocycles. The lowest BCUT2D eigenvalue weighted by Gasteiger charge is -2.38. The van der Waals surface area contributed by atoms with E-state index in [1.165, 1.54) is 57.8 Å². The topological polar surface area (TPSA) is 26.0 Å². The molecule has 1 heteroatoms. The SMILES string of the molecule is CC(C)C1CC(CCC2CCC(CC3CC(N)C3)C2)C1. The zero-order valence-electron chi connectivity index (χ0n) is 13.7. The Morgan fingerprint density at radius 3 is 2.10 bits per heavy atom. The summed E-state index contributed by atoms with van der Waals surface area (Å²) >= 11 is 0. The van der Waals surface area contributed by atoms with Crippen LogP contribution in [0.25, 0.3) is 0 Å². The van der Waals surface area contributed by atoms with E-state index in [0.29, 0.717) is 6.04 Å². The van der Waals surface area contributed by atoms with E-state index in [-0.39, 0.29) is 0 Å². The second kappa shape index (κ2) is 6.38. The van der Waals surface area contributed by atoms with E-state index >= 15 is 0 Å². The van der Waals surface area contributed by atoms with Gasteiger partial charge in [0.25, 0.3) is 0 Å². The first kappa shape index (κ1) is 14.9. The highest BCUT2D eigenvalue weighted by molar-refractivity contribution is 4.87.